The molecule has 1 saturated heterocycles. The summed E-state index contributed by atoms with van der Waals surface area (Å²) in [6.07, 6.45) is 2.52. The molecule has 1 atom stereocenters. The van der Waals surface area contributed by atoms with E-state index in [9.17, 15) is 4.79 Å². The molecule has 0 bridgehead atoms. The lowest BCUT2D eigenvalue weighted by Gasteiger charge is -2.23. The molecule has 1 aliphatic heterocycles. The van der Waals surface area contributed by atoms with Crippen LogP contribution in [0.25, 0.3) is 0 Å². The monoisotopic (exact) mass is 173 g/mol. The summed E-state index contributed by atoms with van der Waals surface area (Å²) in [5.41, 5.74) is -0.178. The molecule has 11 heavy (non-hydrogen) atoms. The van der Waals surface area contributed by atoms with Gasteiger partial charge in [0.15, 0.2) is 0 Å². The van der Waals surface area contributed by atoms with Crippen LogP contribution in [0, 0.1) is 0 Å². The average molecular weight is 173 g/mol. The third-order valence-corrected chi connectivity index (χ3v) is 3.15. The Labute approximate surface area is 70.2 Å². The fourth-order valence-corrected chi connectivity index (χ4v) is 2.50. The third kappa shape index (κ3) is 2.06. The molecule has 1 heterocycles. The first-order chi connectivity index (χ1) is 5.33. The van der Waals surface area contributed by atoms with Crippen LogP contribution >= 0.6 is 11.8 Å². The van der Waals surface area contributed by atoms with Crippen molar-refractivity contribution < 1.29 is 9.53 Å². The number of aliphatic imine (C=N–C) groups is 1. The van der Waals surface area contributed by atoms with Gasteiger partial charge in [-0.15, -0.1) is 0 Å². The van der Waals surface area contributed by atoms with Gasteiger partial charge in [0.1, 0.15) is 0 Å². The van der Waals surface area contributed by atoms with Crippen molar-refractivity contribution in [1.29, 1.82) is 0 Å². The first-order valence-corrected chi connectivity index (χ1v) is 4.65. The van der Waals surface area contributed by atoms with E-state index in [0.717, 1.165) is 17.9 Å². The number of nitrogens with zero attached hydrogens (tertiary/aromatic N) is 1. The van der Waals surface area contributed by atoms with E-state index in [0.29, 0.717) is 6.54 Å². The summed E-state index contributed by atoms with van der Waals surface area (Å²) in [5, 5.41) is 0. The molecule has 0 N–H and O–H groups in total. The van der Waals surface area contributed by atoms with Crippen LogP contribution in [0.15, 0.2) is 4.99 Å². The molecule has 62 valence electrons. The zero-order chi connectivity index (χ0) is 8.16. The van der Waals surface area contributed by atoms with Crippen LogP contribution in [0.2, 0.25) is 0 Å². The van der Waals surface area contributed by atoms with Gasteiger partial charge >= 0.3 is 0 Å². The number of carbonyl (C=O) groups excluding carboxylic acids is 1. The molecule has 1 unspecified atom stereocenters. The van der Waals surface area contributed by atoms with Gasteiger partial charge in [-0.1, -0.05) is 0 Å². The van der Waals surface area contributed by atoms with Crippen molar-refractivity contribution in [2.24, 2.45) is 4.99 Å². The molecule has 1 aliphatic rings. The molecule has 0 aromatic heterocycles. The minimum atomic E-state index is -0.178. The van der Waals surface area contributed by atoms with Crippen LogP contribution in [-0.4, -0.2) is 36.8 Å². The summed E-state index contributed by atoms with van der Waals surface area (Å²) in [4.78, 5) is 13.4. The summed E-state index contributed by atoms with van der Waals surface area (Å²) < 4.78 is 5.31. The lowest BCUT2D eigenvalue weighted by molar-refractivity contribution is 0.0214. The van der Waals surface area contributed by atoms with Crippen LogP contribution in [0.5, 0.6) is 0 Å². The number of hydrogen-bond acceptors (Lipinski definition) is 4. The molecule has 1 rings (SSSR count). The van der Waals surface area contributed by atoms with Gasteiger partial charge in [-0.25, -0.2) is 9.79 Å². The highest BCUT2D eigenvalue weighted by Gasteiger charge is 2.33. The minimum Gasteiger partial charge on any atom is -0.375 e. The van der Waals surface area contributed by atoms with Crippen molar-refractivity contribution in [3.8, 4) is 0 Å². The van der Waals surface area contributed by atoms with E-state index >= 15 is 0 Å². The van der Waals surface area contributed by atoms with Crippen LogP contribution in [0.1, 0.15) is 6.42 Å². The molecule has 0 aromatic rings. The SMILES string of the molecule is COC1(CN=C=O)CCSC1. The highest BCUT2D eigenvalue weighted by atomic mass is 32.2. The summed E-state index contributed by atoms with van der Waals surface area (Å²) in [7, 11) is 1.67. The van der Waals surface area contributed by atoms with Crippen molar-refractivity contribution >= 4 is 17.8 Å². The second kappa shape index (κ2) is 3.90. The zero-order valence-electron chi connectivity index (χ0n) is 6.50. The number of ether oxygens (including phenoxy) is 1. The Kier molecular flexibility index (Phi) is 3.12. The van der Waals surface area contributed by atoms with Crippen molar-refractivity contribution in [3.63, 3.8) is 0 Å². The lowest BCUT2D eigenvalue weighted by atomic mass is 10.0. The predicted molar refractivity (Wildman–Crippen MR) is 44.7 cm³/mol. The molecule has 0 aromatic carbocycles. The fraction of sp³-hybridized carbons (Fsp3) is 0.857. The van der Waals surface area contributed by atoms with Crippen LogP contribution in [0.4, 0.5) is 0 Å². The Balaban J connectivity index is 2.51. The summed E-state index contributed by atoms with van der Waals surface area (Å²) in [5.74, 6) is 2.04. The lowest BCUT2D eigenvalue weighted by Crippen LogP contribution is -2.34. The highest BCUT2D eigenvalue weighted by molar-refractivity contribution is 7.99. The average Bonchev–Trinajstić information content (AvgIpc) is 2.50. The van der Waals surface area contributed by atoms with Gasteiger partial charge < -0.3 is 4.74 Å². The molecular formula is C7H11NO2S. The van der Waals surface area contributed by atoms with E-state index < -0.39 is 0 Å². The number of methoxy groups -OCH3 is 1. The minimum absolute atomic E-state index is 0.178. The predicted octanol–water partition coefficient (Wildman–Crippen LogP) is 0.844. The van der Waals surface area contributed by atoms with Crippen LogP contribution in [-0.2, 0) is 9.53 Å². The van der Waals surface area contributed by atoms with E-state index in [1.165, 1.54) is 6.08 Å². The number of hydrogen-bond donors (Lipinski definition) is 0. The van der Waals surface area contributed by atoms with E-state index in [1.807, 2.05) is 11.8 Å². The smallest absolute Gasteiger partial charge is 0.235 e. The van der Waals surface area contributed by atoms with Gasteiger partial charge in [0, 0.05) is 12.9 Å². The Bertz CT molecular complexity index is 171. The van der Waals surface area contributed by atoms with Gasteiger partial charge in [0.05, 0.1) is 12.1 Å². The molecule has 3 nitrogen and oxygen atoms in total. The van der Waals surface area contributed by atoms with Crippen molar-refractivity contribution in [2.45, 2.75) is 12.0 Å². The van der Waals surface area contributed by atoms with E-state index in [4.69, 9.17) is 4.74 Å². The number of thioether (sulfide) groups is 1. The first-order valence-electron chi connectivity index (χ1n) is 3.49. The Hall–Kier alpha value is -0.310. The topological polar surface area (TPSA) is 38.7 Å². The molecule has 4 heteroatoms. The summed E-state index contributed by atoms with van der Waals surface area (Å²) >= 11 is 1.84. The zero-order valence-corrected chi connectivity index (χ0v) is 7.32. The maximum absolute atomic E-state index is 9.87. The molecular weight excluding hydrogens is 162 g/mol. The Morgan fingerprint density at radius 3 is 3.09 bits per heavy atom. The standard InChI is InChI=1S/C7H11NO2S/c1-10-7(4-8-6-9)2-3-11-5-7/h2-5H2,1H3. The van der Waals surface area contributed by atoms with Crippen molar-refractivity contribution in [1.82, 2.24) is 0 Å². The van der Waals surface area contributed by atoms with Gasteiger partial charge in [0.25, 0.3) is 0 Å². The second-order valence-electron chi connectivity index (χ2n) is 2.60. The summed E-state index contributed by atoms with van der Waals surface area (Å²) in [6.45, 7) is 0.458. The number of rotatable bonds is 3. The quantitative estimate of drug-likeness (QED) is 0.469. The highest BCUT2D eigenvalue weighted by Crippen LogP contribution is 2.30. The van der Waals surface area contributed by atoms with E-state index in [2.05, 4.69) is 4.99 Å². The molecule has 1 fully saturated rings. The van der Waals surface area contributed by atoms with Gasteiger partial charge in [-0.3, -0.25) is 0 Å². The Morgan fingerprint density at radius 1 is 1.82 bits per heavy atom. The molecule has 0 radical (unpaired) electrons. The maximum atomic E-state index is 9.87. The maximum Gasteiger partial charge on any atom is 0.235 e. The third-order valence-electron chi connectivity index (χ3n) is 1.93. The van der Waals surface area contributed by atoms with E-state index in [-0.39, 0.29) is 5.60 Å². The van der Waals surface area contributed by atoms with Gasteiger partial charge in [-0.05, 0) is 12.2 Å². The number of isocyanates is 1. The van der Waals surface area contributed by atoms with Crippen molar-refractivity contribution in [2.75, 3.05) is 25.2 Å². The van der Waals surface area contributed by atoms with Crippen LogP contribution in [0.3, 0.4) is 0 Å². The molecule has 0 amide bonds. The van der Waals surface area contributed by atoms with Gasteiger partial charge in [0.2, 0.25) is 6.08 Å². The molecule has 0 saturated carbocycles. The van der Waals surface area contributed by atoms with Crippen molar-refractivity contribution in [3.05, 3.63) is 0 Å². The van der Waals surface area contributed by atoms with Crippen LogP contribution < -0.4 is 0 Å². The van der Waals surface area contributed by atoms with Gasteiger partial charge in [-0.2, -0.15) is 11.8 Å². The largest absolute Gasteiger partial charge is 0.375 e. The van der Waals surface area contributed by atoms with E-state index in [1.54, 1.807) is 7.11 Å². The first kappa shape index (κ1) is 8.78. The summed E-state index contributed by atoms with van der Waals surface area (Å²) in [6, 6.07) is 0. The molecule has 0 aliphatic carbocycles. The molecule has 0 spiro atoms. The Morgan fingerprint density at radius 2 is 2.64 bits per heavy atom. The second-order valence-corrected chi connectivity index (χ2v) is 3.70. The fourth-order valence-electron chi connectivity index (χ4n) is 1.12. The normalized spacial score (nSPS) is 29.9.